The van der Waals surface area contributed by atoms with Crippen LogP contribution in [0.15, 0.2) is 54.6 Å². The van der Waals surface area contributed by atoms with Crippen LogP contribution in [0.1, 0.15) is 29.9 Å². The molecule has 6 nitrogen and oxygen atoms in total. The van der Waals surface area contributed by atoms with E-state index >= 15 is 0 Å². The number of nitrogens with one attached hydrogen (secondary N) is 1. The summed E-state index contributed by atoms with van der Waals surface area (Å²) in [5, 5.41) is 21.9. The van der Waals surface area contributed by atoms with Crippen molar-refractivity contribution in [1.82, 2.24) is 10.3 Å². The summed E-state index contributed by atoms with van der Waals surface area (Å²) < 4.78 is 5.81. The van der Waals surface area contributed by atoms with Gasteiger partial charge in [0, 0.05) is 5.39 Å². The monoisotopic (exact) mass is 375 g/mol. The minimum atomic E-state index is -0.312. The van der Waals surface area contributed by atoms with Gasteiger partial charge in [-0.25, -0.2) is 4.98 Å². The SMILES string of the molecule is CC(C)[C@@H](CO)NC(=O)c1ccc2cc(Oc3ccc(C#N)cc3)ccc2n1. The smallest absolute Gasteiger partial charge is 0.270 e. The van der Waals surface area contributed by atoms with Crippen LogP contribution in [-0.2, 0) is 0 Å². The van der Waals surface area contributed by atoms with Crippen LogP contribution < -0.4 is 10.1 Å². The summed E-state index contributed by atoms with van der Waals surface area (Å²) in [6, 6.07) is 17.5. The minimum absolute atomic E-state index is 0.118. The molecule has 3 rings (SSSR count). The third-order valence-electron chi connectivity index (χ3n) is 4.43. The number of aliphatic hydroxyl groups is 1. The molecular weight excluding hydrogens is 354 g/mol. The molecule has 0 aliphatic carbocycles. The molecule has 2 N–H and O–H groups in total. The van der Waals surface area contributed by atoms with E-state index in [2.05, 4.69) is 16.4 Å². The van der Waals surface area contributed by atoms with Crippen molar-refractivity contribution >= 4 is 16.8 Å². The van der Waals surface area contributed by atoms with Crippen molar-refractivity contribution in [2.75, 3.05) is 6.61 Å². The standard InChI is InChI=1S/C22H21N3O3/c1-14(2)21(13-26)25-22(27)20-9-5-16-11-18(8-10-19(16)24-20)28-17-6-3-15(12-23)4-7-17/h3-11,14,21,26H,13H2,1-2H3,(H,25,27)/t21-/m1/s1. The van der Waals surface area contributed by atoms with Gasteiger partial charge in [-0.15, -0.1) is 0 Å². The third kappa shape index (κ3) is 4.45. The van der Waals surface area contributed by atoms with Crippen LogP contribution in [0, 0.1) is 17.2 Å². The zero-order valence-electron chi connectivity index (χ0n) is 15.7. The van der Waals surface area contributed by atoms with Gasteiger partial charge >= 0.3 is 0 Å². The van der Waals surface area contributed by atoms with Gasteiger partial charge in [0.05, 0.1) is 29.8 Å². The maximum atomic E-state index is 12.4. The van der Waals surface area contributed by atoms with Gasteiger partial charge in [-0.05, 0) is 54.4 Å². The summed E-state index contributed by atoms with van der Waals surface area (Å²) in [6.45, 7) is 3.75. The van der Waals surface area contributed by atoms with Gasteiger partial charge in [-0.1, -0.05) is 19.9 Å². The summed E-state index contributed by atoms with van der Waals surface area (Å²) >= 11 is 0. The maximum Gasteiger partial charge on any atom is 0.270 e. The molecule has 0 saturated carbocycles. The van der Waals surface area contributed by atoms with Crippen LogP contribution in [0.25, 0.3) is 10.9 Å². The number of amides is 1. The molecule has 0 unspecified atom stereocenters. The average Bonchev–Trinajstić information content (AvgIpc) is 2.71. The molecule has 0 fully saturated rings. The van der Waals surface area contributed by atoms with E-state index in [1.165, 1.54) is 0 Å². The number of aromatic nitrogens is 1. The fraction of sp³-hybridized carbons (Fsp3) is 0.227. The van der Waals surface area contributed by atoms with E-state index in [1.54, 1.807) is 42.5 Å². The zero-order valence-corrected chi connectivity index (χ0v) is 15.7. The van der Waals surface area contributed by atoms with E-state index in [0.29, 0.717) is 28.3 Å². The normalized spacial score (nSPS) is 11.8. The molecule has 1 aromatic heterocycles. The number of carbonyl (C=O) groups is 1. The van der Waals surface area contributed by atoms with Crippen LogP contribution in [-0.4, -0.2) is 28.6 Å². The van der Waals surface area contributed by atoms with Crippen LogP contribution >= 0.6 is 0 Å². The number of rotatable bonds is 6. The molecule has 1 atom stereocenters. The Morgan fingerprint density at radius 1 is 1.14 bits per heavy atom. The van der Waals surface area contributed by atoms with E-state index in [0.717, 1.165) is 5.39 Å². The highest BCUT2D eigenvalue weighted by Crippen LogP contribution is 2.25. The average molecular weight is 375 g/mol. The first-order valence-corrected chi connectivity index (χ1v) is 9.00. The Labute approximate surface area is 163 Å². The highest BCUT2D eigenvalue weighted by molar-refractivity contribution is 5.95. The maximum absolute atomic E-state index is 12.4. The van der Waals surface area contributed by atoms with Crippen molar-refractivity contribution in [1.29, 1.82) is 5.26 Å². The second kappa shape index (κ2) is 8.51. The lowest BCUT2D eigenvalue weighted by molar-refractivity contribution is 0.0892. The van der Waals surface area contributed by atoms with Gasteiger partial charge in [0.2, 0.25) is 0 Å². The first-order chi connectivity index (χ1) is 13.5. The lowest BCUT2D eigenvalue weighted by Gasteiger charge is -2.19. The molecule has 1 amide bonds. The highest BCUT2D eigenvalue weighted by atomic mass is 16.5. The number of pyridine rings is 1. The van der Waals surface area contributed by atoms with Gasteiger partial charge in [0.1, 0.15) is 17.2 Å². The molecule has 28 heavy (non-hydrogen) atoms. The van der Waals surface area contributed by atoms with Crippen molar-refractivity contribution in [2.45, 2.75) is 19.9 Å². The molecule has 2 aromatic carbocycles. The molecular formula is C22H21N3O3. The van der Waals surface area contributed by atoms with E-state index < -0.39 is 0 Å². The number of nitriles is 1. The number of fused-ring (bicyclic) bond motifs is 1. The van der Waals surface area contributed by atoms with Gasteiger partial charge in [-0.2, -0.15) is 5.26 Å². The number of carbonyl (C=O) groups excluding carboxylic acids is 1. The molecule has 0 aliphatic rings. The predicted molar refractivity (Wildman–Crippen MR) is 106 cm³/mol. The summed E-state index contributed by atoms with van der Waals surface area (Å²) in [5.74, 6) is 1.08. The number of nitrogens with zero attached hydrogens (tertiary/aromatic N) is 2. The van der Waals surface area contributed by atoms with Gasteiger partial charge < -0.3 is 15.2 Å². The number of hydrogen-bond acceptors (Lipinski definition) is 5. The Hall–Kier alpha value is -3.43. The largest absolute Gasteiger partial charge is 0.457 e. The molecule has 3 aromatic rings. The molecule has 0 saturated heterocycles. The summed E-state index contributed by atoms with van der Waals surface area (Å²) in [7, 11) is 0. The van der Waals surface area contributed by atoms with Crippen LogP contribution in [0.3, 0.4) is 0 Å². The lowest BCUT2D eigenvalue weighted by Crippen LogP contribution is -2.41. The Bertz CT molecular complexity index is 1020. The molecule has 0 bridgehead atoms. The quantitative estimate of drug-likeness (QED) is 0.686. The zero-order chi connectivity index (χ0) is 20.1. The van der Waals surface area contributed by atoms with Crippen LogP contribution in [0.5, 0.6) is 11.5 Å². The van der Waals surface area contributed by atoms with E-state index in [4.69, 9.17) is 10.00 Å². The van der Waals surface area contributed by atoms with Gasteiger partial charge in [-0.3, -0.25) is 4.79 Å². The fourth-order valence-corrected chi connectivity index (χ4v) is 2.69. The molecule has 6 heteroatoms. The molecule has 0 spiro atoms. The van der Waals surface area contributed by atoms with Crippen molar-refractivity contribution < 1.29 is 14.6 Å². The first kappa shape index (κ1) is 19.3. The first-order valence-electron chi connectivity index (χ1n) is 9.00. The Morgan fingerprint density at radius 3 is 2.50 bits per heavy atom. The van der Waals surface area contributed by atoms with E-state index in [1.807, 2.05) is 26.0 Å². The van der Waals surface area contributed by atoms with Crippen LogP contribution in [0.4, 0.5) is 0 Å². The van der Waals surface area contributed by atoms with E-state index in [9.17, 15) is 9.90 Å². The second-order valence-electron chi connectivity index (χ2n) is 6.80. The molecule has 142 valence electrons. The van der Waals surface area contributed by atoms with E-state index in [-0.39, 0.29) is 24.5 Å². The topological polar surface area (TPSA) is 95.2 Å². The Balaban J connectivity index is 1.77. The summed E-state index contributed by atoms with van der Waals surface area (Å²) in [6.07, 6.45) is 0. The highest BCUT2D eigenvalue weighted by Gasteiger charge is 2.17. The number of hydrogen-bond donors (Lipinski definition) is 2. The number of aliphatic hydroxyl groups excluding tert-OH is 1. The van der Waals surface area contributed by atoms with Crippen molar-refractivity contribution in [3.63, 3.8) is 0 Å². The summed E-state index contributed by atoms with van der Waals surface area (Å²) in [4.78, 5) is 16.8. The lowest BCUT2D eigenvalue weighted by atomic mass is 10.1. The molecule has 1 heterocycles. The number of benzene rings is 2. The van der Waals surface area contributed by atoms with Crippen molar-refractivity contribution in [2.24, 2.45) is 5.92 Å². The van der Waals surface area contributed by atoms with Gasteiger partial charge in [0.15, 0.2) is 0 Å². The van der Waals surface area contributed by atoms with Crippen molar-refractivity contribution in [3.05, 3.63) is 65.9 Å². The molecule has 0 radical (unpaired) electrons. The second-order valence-corrected chi connectivity index (χ2v) is 6.80. The van der Waals surface area contributed by atoms with Crippen molar-refractivity contribution in [3.8, 4) is 17.6 Å². The van der Waals surface area contributed by atoms with Gasteiger partial charge in [0.25, 0.3) is 5.91 Å². The minimum Gasteiger partial charge on any atom is -0.457 e. The molecule has 0 aliphatic heterocycles. The Morgan fingerprint density at radius 2 is 1.86 bits per heavy atom. The number of ether oxygens (including phenoxy) is 1. The predicted octanol–water partition coefficient (Wildman–Crippen LogP) is 3.65. The third-order valence-corrected chi connectivity index (χ3v) is 4.43. The fourth-order valence-electron chi connectivity index (χ4n) is 2.69. The summed E-state index contributed by atoms with van der Waals surface area (Å²) in [5.41, 5.74) is 1.54. The Kier molecular flexibility index (Phi) is 5.87. The van der Waals surface area contributed by atoms with Crippen LogP contribution in [0.2, 0.25) is 0 Å².